The molecule has 4 rings (SSSR count). The highest BCUT2D eigenvalue weighted by atomic mass is 15.3. The Morgan fingerprint density at radius 3 is 2.72 bits per heavy atom. The largest absolute Gasteiger partial charge is 0.275 e. The molecule has 4 aromatic heterocycles. The fourth-order valence-corrected chi connectivity index (χ4v) is 3.13. The molecule has 0 fully saturated rings. The van der Waals surface area contributed by atoms with E-state index in [1.54, 1.807) is 4.68 Å². The zero-order valence-electron chi connectivity index (χ0n) is 14.6. The third-order valence-electron chi connectivity index (χ3n) is 4.34. The molecule has 126 valence electrons. The zero-order chi connectivity index (χ0) is 17.4. The van der Waals surface area contributed by atoms with Gasteiger partial charge in [0.05, 0.1) is 23.0 Å². The van der Waals surface area contributed by atoms with Gasteiger partial charge in [-0.3, -0.25) is 14.3 Å². The van der Waals surface area contributed by atoms with Crippen LogP contribution in [0.2, 0.25) is 0 Å². The number of aryl methyl sites for hydroxylation is 3. The van der Waals surface area contributed by atoms with Gasteiger partial charge in [-0.2, -0.15) is 10.2 Å². The van der Waals surface area contributed by atoms with Crippen molar-refractivity contribution in [2.45, 2.75) is 26.8 Å². The van der Waals surface area contributed by atoms with Crippen molar-refractivity contribution in [2.75, 3.05) is 0 Å². The van der Waals surface area contributed by atoms with E-state index in [1.807, 2.05) is 48.5 Å². The van der Waals surface area contributed by atoms with Gasteiger partial charge in [0.15, 0.2) is 5.65 Å². The van der Waals surface area contributed by atoms with Crippen molar-refractivity contribution in [1.29, 1.82) is 0 Å². The third kappa shape index (κ3) is 2.69. The van der Waals surface area contributed by atoms with Crippen molar-refractivity contribution >= 4 is 11.0 Å². The lowest BCUT2D eigenvalue weighted by atomic mass is 10.0. The van der Waals surface area contributed by atoms with Crippen LogP contribution in [0, 0.1) is 6.92 Å². The van der Waals surface area contributed by atoms with Crippen LogP contribution in [0.4, 0.5) is 0 Å². The normalized spacial score (nSPS) is 11.3. The first-order chi connectivity index (χ1) is 12.2. The van der Waals surface area contributed by atoms with Gasteiger partial charge in [0.25, 0.3) is 0 Å². The lowest BCUT2D eigenvalue weighted by molar-refractivity contribution is 0.592. The highest BCUT2D eigenvalue weighted by molar-refractivity contribution is 5.95. The van der Waals surface area contributed by atoms with E-state index in [1.165, 1.54) is 0 Å². The maximum atomic E-state index is 4.80. The van der Waals surface area contributed by atoms with Crippen molar-refractivity contribution in [2.24, 2.45) is 7.05 Å². The van der Waals surface area contributed by atoms with Crippen molar-refractivity contribution in [3.05, 3.63) is 48.5 Å². The second-order valence-electron chi connectivity index (χ2n) is 6.18. The van der Waals surface area contributed by atoms with Gasteiger partial charge < -0.3 is 0 Å². The molecule has 0 N–H and O–H groups in total. The molecule has 0 aliphatic rings. The van der Waals surface area contributed by atoms with Crippen molar-refractivity contribution < 1.29 is 0 Å². The van der Waals surface area contributed by atoms with Gasteiger partial charge in [0, 0.05) is 42.8 Å². The van der Waals surface area contributed by atoms with Gasteiger partial charge in [0.1, 0.15) is 0 Å². The number of fused-ring (bicyclic) bond motifs is 1. The number of hydrogen-bond acceptors (Lipinski definition) is 4. The van der Waals surface area contributed by atoms with Gasteiger partial charge in [0.2, 0.25) is 0 Å². The van der Waals surface area contributed by atoms with Crippen LogP contribution in [-0.4, -0.2) is 29.5 Å². The maximum absolute atomic E-state index is 4.80. The Bertz CT molecular complexity index is 1030. The Morgan fingerprint density at radius 1 is 1.16 bits per heavy atom. The second-order valence-corrected chi connectivity index (χ2v) is 6.18. The zero-order valence-corrected chi connectivity index (χ0v) is 14.6. The van der Waals surface area contributed by atoms with E-state index in [-0.39, 0.29) is 0 Å². The standard InChI is InChI=1S/C19H20N6/c1-4-9-25-13(2)18-15(16-7-5-6-8-20-16)10-17(22-19(18)23-25)14-11-21-24(3)12-14/h5-8,10-12H,4,9H2,1-3H3. The van der Waals surface area contributed by atoms with Gasteiger partial charge in [-0.05, 0) is 31.5 Å². The van der Waals surface area contributed by atoms with E-state index in [4.69, 9.17) is 10.1 Å². The van der Waals surface area contributed by atoms with Crippen LogP contribution in [-0.2, 0) is 13.6 Å². The summed E-state index contributed by atoms with van der Waals surface area (Å²) in [5, 5.41) is 10.1. The number of hydrogen-bond donors (Lipinski definition) is 0. The van der Waals surface area contributed by atoms with Crippen molar-refractivity contribution in [3.8, 4) is 22.5 Å². The van der Waals surface area contributed by atoms with Gasteiger partial charge in [-0.25, -0.2) is 4.98 Å². The van der Waals surface area contributed by atoms with Crippen molar-refractivity contribution in [3.63, 3.8) is 0 Å². The van der Waals surface area contributed by atoms with Crippen LogP contribution in [0.1, 0.15) is 19.0 Å². The van der Waals surface area contributed by atoms with Crippen LogP contribution in [0.5, 0.6) is 0 Å². The summed E-state index contributed by atoms with van der Waals surface area (Å²) < 4.78 is 3.82. The van der Waals surface area contributed by atoms with Crippen molar-refractivity contribution in [1.82, 2.24) is 29.5 Å². The first-order valence-corrected chi connectivity index (χ1v) is 8.46. The molecule has 6 heteroatoms. The smallest absolute Gasteiger partial charge is 0.182 e. The predicted octanol–water partition coefficient (Wildman–Crippen LogP) is 3.61. The maximum Gasteiger partial charge on any atom is 0.182 e. The Kier molecular flexibility index (Phi) is 3.80. The van der Waals surface area contributed by atoms with E-state index in [2.05, 4.69) is 30.0 Å². The first kappa shape index (κ1) is 15.5. The van der Waals surface area contributed by atoms with E-state index < -0.39 is 0 Å². The van der Waals surface area contributed by atoms with E-state index in [0.717, 1.165) is 52.2 Å². The molecule has 0 aliphatic carbocycles. The summed E-state index contributed by atoms with van der Waals surface area (Å²) in [5.41, 5.74) is 5.71. The highest BCUT2D eigenvalue weighted by Crippen LogP contribution is 2.32. The minimum Gasteiger partial charge on any atom is -0.275 e. The Morgan fingerprint density at radius 2 is 2.04 bits per heavy atom. The molecule has 25 heavy (non-hydrogen) atoms. The van der Waals surface area contributed by atoms with Gasteiger partial charge >= 0.3 is 0 Å². The third-order valence-corrected chi connectivity index (χ3v) is 4.34. The van der Waals surface area contributed by atoms with Crippen LogP contribution in [0.15, 0.2) is 42.9 Å². The summed E-state index contributed by atoms with van der Waals surface area (Å²) in [7, 11) is 1.90. The molecule has 0 amide bonds. The van der Waals surface area contributed by atoms with Crippen LogP contribution >= 0.6 is 0 Å². The van der Waals surface area contributed by atoms with E-state index >= 15 is 0 Å². The molecule has 0 unspecified atom stereocenters. The van der Waals surface area contributed by atoms with E-state index in [0.29, 0.717) is 0 Å². The average molecular weight is 332 g/mol. The first-order valence-electron chi connectivity index (χ1n) is 8.46. The molecule has 0 atom stereocenters. The monoisotopic (exact) mass is 332 g/mol. The molecule has 0 bridgehead atoms. The quantitative estimate of drug-likeness (QED) is 0.573. The average Bonchev–Trinajstić information content (AvgIpc) is 3.19. The molecular formula is C19H20N6. The number of rotatable bonds is 4. The van der Waals surface area contributed by atoms with E-state index in [9.17, 15) is 0 Å². The summed E-state index contributed by atoms with van der Waals surface area (Å²) in [6.45, 7) is 5.13. The number of nitrogens with zero attached hydrogens (tertiary/aromatic N) is 6. The molecule has 0 aliphatic heterocycles. The summed E-state index contributed by atoms with van der Waals surface area (Å²) in [6.07, 6.45) is 6.64. The highest BCUT2D eigenvalue weighted by Gasteiger charge is 2.17. The summed E-state index contributed by atoms with van der Waals surface area (Å²) in [6, 6.07) is 8.05. The second kappa shape index (κ2) is 6.12. The Labute approximate surface area is 146 Å². The SMILES string of the molecule is CCCn1nc2nc(-c3cnn(C)c3)cc(-c3ccccn3)c2c1C. The molecule has 6 nitrogen and oxygen atoms in total. The number of aromatic nitrogens is 6. The fourth-order valence-electron chi connectivity index (χ4n) is 3.13. The molecule has 0 radical (unpaired) electrons. The van der Waals surface area contributed by atoms with Crippen LogP contribution in [0.25, 0.3) is 33.5 Å². The lowest BCUT2D eigenvalue weighted by Crippen LogP contribution is -2.00. The molecule has 4 heterocycles. The van der Waals surface area contributed by atoms with Gasteiger partial charge in [-0.1, -0.05) is 13.0 Å². The Balaban J connectivity index is 2.01. The minimum atomic E-state index is 0.757. The van der Waals surface area contributed by atoms with Gasteiger partial charge in [-0.15, -0.1) is 0 Å². The molecule has 0 aromatic carbocycles. The van der Waals surface area contributed by atoms with Crippen LogP contribution < -0.4 is 0 Å². The molecular weight excluding hydrogens is 312 g/mol. The molecule has 0 saturated carbocycles. The number of pyridine rings is 2. The Hall–Kier alpha value is -3.02. The van der Waals surface area contributed by atoms with Crippen LogP contribution in [0.3, 0.4) is 0 Å². The predicted molar refractivity (Wildman–Crippen MR) is 98.0 cm³/mol. The topological polar surface area (TPSA) is 61.4 Å². The molecule has 0 spiro atoms. The summed E-state index contributed by atoms with van der Waals surface area (Å²) in [4.78, 5) is 9.35. The fraction of sp³-hybridized carbons (Fsp3) is 0.263. The molecule has 0 saturated heterocycles. The minimum absolute atomic E-state index is 0.757. The summed E-state index contributed by atoms with van der Waals surface area (Å²) >= 11 is 0. The summed E-state index contributed by atoms with van der Waals surface area (Å²) in [5.74, 6) is 0. The molecule has 4 aromatic rings. The lowest BCUT2D eigenvalue weighted by Gasteiger charge is -2.06.